The van der Waals surface area contributed by atoms with Gasteiger partial charge in [0.2, 0.25) is 17.7 Å². The van der Waals surface area contributed by atoms with Gasteiger partial charge in [-0.25, -0.2) is 19.3 Å². The maximum atomic E-state index is 12.1. The van der Waals surface area contributed by atoms with Crippen LogP contribution in [0.5, 0.6) is 5.88 Å². The van der Waals surface area contributed by atoms with E-state index in [1.165, 1.54) is 12.0 Å². The maximum Gasteiger partial charge on any atom is 0.407 e. The Morgan fingerprint density at radius 3 is 2.31 bits per heavy atom. The molecule has 0 unspecified atom stereocenters. The number of aromatic nitrogens is 5. The Morgan fingerprint density at radius 1 is 0.962 bits per heavy atom. The highest BCUT2D eigenvalue weighted by molar-refractivity contribution is 6.39. The van der Waals surface area contributed by atoms with Gasteiger partial charge in [0.25, 0.3) is 5.78 Å². The van der Waals surface area contributed by atoms with E-state index < -0.39 is 6.09 Å². The molecule has 3 amide bonds. The lowest BCUT2D eigenvalue weighted by atomic mass is 9.97. The highest BCUT2D eigenvalue weighted by Gasteiger charge is 2.27. The van der Waals surface area contributed by atoms with Crippen LogP contribution in [0.15, 0.2) is 60.9 Å². The number of hydrogen-bond donors (Lipinski definition) is 4. The van der Waals surface area contributed by atoms with Gasteiger partial charge in [0.1, 0.15) is 0 Å². The van der Waals surface area contributed by atoms with E-state index in [2.05, 4.69) is 31.0 Å². The average Bonchev–Trinajstić information content (AvgIpc) is 3.87. The number of amides is 3. The number of nitrogens with one attached hydrogen (secondary N) is 3. The van der Waals surface area contributed by atoms with Gasteiger partial charge in [0, 0.05) is 83.8 Å². The second-order valence-corrected chi connectivity index (χ2v) is 13.5. The molecule has 14 nitrogen and oxygen atoms in total. The number of hydrogen-bond acceptors (Lipinski definition) is 9. The maximum absolute atomic E-state index is 12.1. The van der Waals surface area contributed by atoms with Gasteiger partial charge in [0.15, 0.2) is 5.82 Å². The minimum Gasteiger partial charge on any atom is -0.481 e. The van der Waals surface area contributed by atoms with Crippen LogP contribution in [0, 0.1) is 0 Å². The number of pyridine rings is 1. The van der Waals surface area contributed by atoms with Gasteiger partial charge in [0.05, 0.1) is 35.9 Å². The number of halogens is 2. The lowest BCUT2D eigenvalue weighted by Gasteiger charge is -2.23. The molecule has 0 saturated carbocycles. The Labute approximate surface area is 308 Å². The molecule has 0 radical (unpaired) electrons. The SMILES string of the molecule is COc1nc(-c2cccc(-c3cccc(-c4cnc5nc(CNC[C@@H]6CCC(=O)N6)nn5c4)c3Cl)c2Cl)ccc1CN(C[C@@H]1CCC(=O)N1)C(=O)O. The first-order valence-corrected chi connectivity index (χ1v) is 17.5. The standard InChI is InChI=1S/C36H35Cl2N9O5/c1-52-34-20(17-46(36(50)51)19-23-10-13-31(49)42-23)8-11-28(43-34)27-7-3-6-26(33(27)38)25-5-2-4-24(32(25)37)21-14-40-35-44-29(45-47(35)18-21)16-39-15-22-9-12-30(48)41-22/h2-8,11,14,18,22-23,39H,9-10,12-13,15-17,19H2,1H3,(H,41,48)(H,42,49)(H,50,51)/t22-,23-/m0/s1. The average molecular weight is 745 g/mol. The third-order valence-corrected chi connectivity index (χ3v) is 9.98. The summed E-state index contributed by atoms with van der Waals surface area (Å²) in [5, 5.41) is 24.4. The van der Waals surface area contributed by atoms with E-state index in [4.69, 9.17) is 32.9 Å². The minimum atomic E-state index is -1.11. The Kier molecular flexibility index (Phi) is 10.2. The van der Waals surface area contributed by atoms with E-state index in [1.807, 2.05) is 42.6 Å². The zero-order valence-electron chi connectivity index (χ0n) is 28.1. The Morgan fingerprint density at radius 2 is 1.63 bits per heavy atom. The van der Waals surface area contributed by atoms with E-state index >= 15 is 0 Å². The summed E-state index contributed by atoms with van der Waals surface area (Å²) in [4.78, 5) is 50.1. The van der Waals surface area contributed by atoms with Crippen LogP contribution in [0.25, 0.3) is 39.3 Å². The van der Waals surface area contributed by atoms with Crippen molar-refractivity contribution in [3.05, 3.63) is 82.4 Å². The first-order chi connectivity index (χ1) is 25.2. The number of rotatable bonds is 12. The molecule has 5 heterocycles. The van der Waals surface area contributed by atoms with Gasteiger partial charge in [-0.15, -0.1) is 5.10 Å². The highest BCUT2D eigenvalue weighted by Crippen LogP contribution is 2.42. The first kappa shape index (κ1) is 35.1. The van der Waals surface area contributed by atoms with Gasteiger partial charge in [-0.3, -0.25) is 9.59 Å². The second-order valence-electron chi connectivity index (χ2n) is 12.7. The predicted octanol–water partition coefficient (Wildman–Crippen LogP) is 4.96. The lowest BCUT2D eigenvalue weighted by molar-refractivity contribution is -0.120. The number of carbonyl (C=O) groups is 3. The van der Waals surface area contributed by atoms with Crippen LogP contribution in [0.4, 0.5) is 4.79 Å². The molecule has 0 spiro atoms. The molecule has 4 N–H and O–H groups in total. The topological polar surface area (TPSA) is 176 Å². The van der Waals surface area contributed by atoms with Crippen molar-refractivity contribution in [2.45, 2.75) is 50.9 Å². The zero-order chi connectivity index (χ0) is 36.4. The Hall–Kier alpha value is -5.31. The number of nitrogens with zero attached hydrogens (tertiary/aromatic N) is 6. The molecule has 5 aromatic rings. The molecule has 2 saturated heterocycles. The molecule has 268 valence electrons. The summed E-state index contributed by atoms with van der Waals surface area (Å²) in [5.41, 5.74) is 4.59. The second kappa shape index (κ2) is 15.1. The van der Waals surface area contributed by atoms with E-state index in [9.17, 15) is 19.5 Å². The fourth-order valence-electron chi connectivity index (χ4n) is 6.54. The smallest absolute Gasteiger partial charge is 0.407 e. The van der Waals surface area contributed by atoms with Crippen molar-refractivity contribution in [1.29, 1.82) is 0 Å². The summed E-state index contributed by atoms with van der Waals surface area (Å²) in [6.07, 6.45) is 4.74. The summed E-state index contributed by atoms with van der Waals surface area (Å²) in [6.45, 7) is 1.25. The van der Waals surface area contributed by atoms with Gasteiger partial charge < -0.3 is 30.7 Å². The van der Waals surface area contributed by atoms with Crippen molar-refractivity contribution in [3.8, 4) is 39.4 Å². The number of carbonyl (C=O) groups excluding carboxylic acids is 2. The minimum absolute atomic E-state index is 0.0308. The molecule has 0 bridgehead atoms. The summed E-state index contributed by atoms with van der Waals surface area (Å²) in [5.74, 6) is 1.28. The van der Waals surface area contributed by atoms with Gasteiger partial charge >= 0.3 is 6.09 Å². The molecule has 3 aromatic heterocycles. The number of carboxylic acid groups (broad SMARTS) is 1. The van der Waals surface area contributed by atoms with Crippen LogP contribution < -0.4 is 20.7 Å². The molecule has 52 heavy (non-hydrogen) atoms. The van der Waals surface area contributed by atoms with Crippen molar-refractivity contribution in [3.63, 3.8) is 0 Å². The van der Waals surface area contributed by atoms with Crippen molar-refractivity contribution in [2.75, 3.05) is 20.2 Å². The van der Waals surface area contributed by atoms with Gasteiger partial charge in [-0.1, -0.05) is 59.6 Å². The summed E-state index contributed by atoms with van der Waals surface area (Å²) in [7, 11) is 1.48. The normalized spacial score (nSPS) is 17.0. The third kappa shape index (κ3) is 7.49. The van der Waals surface area contributed by atoms with Crippen LogP contribution in [-0.2, 0) is 22.7 Å². The van der Waals surface area contributed by atoms with Crippen LogP contribution in [-0.4, -0.2) is 84.8 Å². The number of methoxy groups -OCH3 is 1. The Balaban J connectivity index is 1.11. The summed E-state index contributed by atoms with van der Waals surface area (Å²) in [6, 6.07) is 14.7. The van der Waals surface area contributed by atoms with Crippen molar-refractivity contribution in [2.24, 2.45) is 0 Å². The van der Waals surface area contributed by atoms with Crippen LogP contribution in [0.1, 0.15) is 37.1 Å². The predicted molar refractivity (Wildman–Crippen MR) is 194 cm³/mol. The molecule has 2 aliphatic rings. The molecular weight excluding hydrogens is 709 g/mol. The lowest BCUT2D eigenvalue weighted by Crippen LogP contribution is -2.41. The van der Waals surface area contributed by atoms with E-state index in [-0.39, 0.29) is 42.9 Å². The fraction of sp³-hybridized carbons (Fsp3) is 0.306. The summed E-state index contributed by atoms with van der Waals surface area (Å²) >= 11 is 14.1. The van der Waals surface area contributed by atoms with E-state index in [1.54, 1.807) is 22.8 Å². The Bertz CT molecular complexity index is 2180. The number of benzene rings is 2. The van der Waals surface area contributed by atoms with Crippen LogP contribution >= 0.6 is 23.2 Å². The largest absolute Gasteiger partial charge is 0.481 e. The first-order valence-electron chi connectivity index (χ1n) is 16.8. The molecule has 0 aliphatic carbocycles. The molecular formula is C36H35Cl2N9O5. The molecule has 2 aliphatic heterocycles. The third-order valence-electron chi connectivity index (χ3n) is 9.16. The molecule has 7 rings (SSSR count). The quantitative estimate of drug-likeness (QED) is 0.137. The van der Waals surface area contributed by atoms with Crippen molar-refractivity contribution >= 4 is 46.9 Å². The van der Waals surface area contributed by atoms with Gasteiger partial charge in [-0.05, 0) is 25.0 Å². The van der Waals surface area contributed by atoms with E-state index in [0.717, 1.165) is 17.5 Å². The fourth-order valence-corrected chi connectivity index (χ4v) is 7.20. The highest BCUT2D eigenvalue weighted by atomic mass is 35.5. The number of fused-ring (bicyclic) bond motifs is 1. The van der Waals surface area contributed by atoms with Crippen molar-refractivity contribution < 1.29 is 24.2 Å². The monoisotopic (exact) mass is 743 g/mol. The zero-order valence-corrected chi connectivity index (χ0v) is 29.6. The van der Waals surface area contributed by atoms with E-state index in [0.29, 0.717) is 81.9 Å². The van der Waals surface area contributed by atoms with Crippen molar-refractivity contribution in [1.82, 2.24) is 45.4 Å². The summed E-state index contributed by atoms with van der Waals surface area (Å²) < 4.78 is 7.21. The molecule has 16 heteroatoms. The van der Waals surface area contributed by atoms with Crippen LogP contribution in [0.3, 0.4) is 0 Å². The molecule has 2 atom stereocenters. The number of ether oxygens (including phenoxy) is 1. The van der Waals surface area contributed by atoms with Gasteiger partial charge in [-0.2, -0.15) is 4.98 Å². The van der Waals surface area contributed by atoms with Crippen LogP contribution in [0.2, 0.25) is 10.0 Å². The molecule has 2 aromatic carbocycles. The molecule has 2 fully saturated rings.